The lowest BCUT2D eigenvalue weighted by atomic mass is 10.0. The highest BCUT2D eigenvalue weighted by molar-refractivity contribution is 5.87. The van der Waals surface area contributed by atoms with Crippen LogP contribution in [0.3, 0.4) is 0 Å². The van der Waals surface area contributed by atoms with Gasteiger partial charge in [-0.1, -0.05) is 30.3 Å². The molecular formula is C26H33N5O7. The SMILES string of the molecule is CC(=O)Nc1ccn([C@H]2C[C@H]3OC[C@H](NC(=O)[C@@H](Cc4ccccc4)NC(=O)OC(C)(C)C)[C@H]3O2)c(=O)n1. The number of benzene rings is 1. The molecule has 0 saturated carbocycles. The lowest BCUT2D eigenvalue weighted by Crippen LogP contribution is -2.54. The molecule has 0 spiro atoms. The van der Waals surface area contributed by atoms with E-state index in [2.05, 4.69) is 20.9 Å². The Balaban J connectivity index is 1.43. The van der Waals surface area contributed by atoms with E-state index in [1.165, 1.54) is 23.8 Å². The molecule has 12 nitrogen and oxygen atoms in total. The summed E-state index contributed by atoms with van der Waals surface area (Å²) in [6.07, 6.45) is -0.0125. The molecule has 2 saturated heterocycles. The number of aromatic nitrogens is 2. The number of ether oxygens (including phenoxy) is 3. The summed E-state index contributed by atoms with van der Waals surface area (Å²) in [6, 6.07) is 9.47. The second kappa shape index (κ2) is 11.3. The summed E-state index contributed by atoms with van der Waals surface area (Å²) in [6.45, 7) is 6.80. The van der Waals surface area contributed by atoms with Crippen LogP contribution in [0.2, 0.25) is 0 Å². The van der Waals surface area contributed by atoms with E-state index in [0.29, 0.717) is 6.42 Å². The molecule has 2 fully saturated rings. The van der Waals surface area contributed by atoms with Crippen LogP contribution in [0.15, 0.2) is 47.4 Å². The lowest BCUT2D eigenvalue weighted by Gasteiger charge is -2.25. The standard InChI is InChI=1S/C26H33N5O7/c1-15(32)27-20-10-11-31(24(34)30-20)21-13-19-22(37-21)18(14-36-19)28-23(33)17(12-16-8-6-5-7-9-16)29-25(35)38-26(2,3)4/h5-11,17-19,21-22H,12-14H2,1-4H3,(H,28,33)(H,29,35)(H,27,30,32,34)/t17-,18+,19-,21-,22-/m1/s1. The highest BCUT2D eigenvalue weighted by Gasteiger charge is 2.47. The molecule has 2 aliphatic rings. The second-order valence-corrected chi connectivity index (χ2v) is 10.4. The molecule has 4 rings (SSSR count). The van der Waals surface area contributed by atoms with Crippen LogP contribution in [0.25, 0.3) is 0 Å². The summed E-state index contributed by atoms with van der Waals surface area (Å²) >= 11 is 0. The first-order valence-electron chi connectivity index (χ1n) is 12.5. The quantitative estimate of drug-likeness (QED) is 0.490. The summed E-state index contributed by atoms with van der Waals surface area (Å²) in [7, 11) is 0. The van der Waals surface area contributed by atoms with E-state index in [1.807, 2.05) is 30.3 Å². The van der Waals surface area contributed by atoms with Crippen molar-refractivity contribution in [2.75, 3.05) is 11.9 Å². The van der Waals surface area contributed by atoms with Crippen LogP contribution in [0.4, 0.5) is 10.6 Å². The van der Waals surface area contributed by atoms with Gasteiger partial charge in [-0.3, -0.25) is 14.2 Å². The van der Waals surface area contributed by atoms with E-state index in [9.17, 15) is 19.2 Å². The van der Waals surface area contributed by atoms with Crippen LogP contribution in [-0.4, -0.2) is 64.0 Å². The van der Waals surface area contributed by atoms with E-state index in [4.69, 9.17) is 14.2 Å². The van der Waals surface area contributed by atoms with Crippen molar-refractivity contribution in [2.24, 2.45) is 0 Å². The number of hydrogen-bond acceptors (Lipinski definition) is 8. The molecule has 12 heteroatoms. The largest absolute Gasteiger partial charge is 0.444 e. The Morgan fingerprint density at radius 1 is 1.18 bits per heavy atom. The van der Waals surface area contributed by atoms with E-state index in [-0.39, 0.29) is 30.9 Å². The van der Waals surface area contributed by atoms with E-state index < -0.39 is 47.7 Å². The Kier molecular flexibility index (Phi) is 8.12. The molecule has 204 valence electrons. The highest BCUT2D eigenvalue weighted by atomic mass is 16.6. The maximum Gasteiger partial charge on any atom is 0.408 e. The van der Waals surface area contributed by atoms with Gasteiger partial charge in [0.25, 0.3) is 0 Å². The number of nitrogens with zero attached hydrogens (tertiary/aromatic N) is 2. The zero-order valence-corrected chi connectivity index (χ0v) is 21.8. The Morgan fingerprint density at radius 3 is 2.58 bits per heavy atom. The Morgan fingerprint density at radius 2 is 1.92 bits per heavy atom. The van der Waals surface area contributed by atoms with E-state index in [0.717, 1.165) is 5.56 Å². The summed E-state index contributed by atoms with van der Waals surface area (Å²) in [5, 5.41) is 8.09. The van der Waals surface area contributed by atoms with Crippen LogP contribution in [0, 0.1) is 0 Å². The molecule has 3 heterocycles. The van der Waals surface area contributed by atoms with Gasteiger partial charge in [0.05, 0.1) is 18.8 Å². The number of carbonyl (C=O) groups excluding carboxylic acids is 3. The Hall–Kier alpha value is -3.77. The molecule has 3 amide bonds. The van der Waals surface area contributed by atoms with Crippen molar-refractivity contribution in [2.45, 2.75) is 76.7 Å². The zero-order chi connectivity index (χ0) is 27.4. The van der Waals surface area contributed by atoms with Crippen LogP contribution >= 0.6 is 0 Å². The van der Waals surface area contributed by atoms with Gasteiger partial charge in [0, 0.05) is 26.0 Å². The molecule has 1 aromatic heterocycles. The minimum Gasteiger partial charge on any atom is -0.444 e. The van der Waals surface area contributed by atoms with Crippen LogP contribution in [-0.2, 0) is 30.2 Å². The maximum absolute atomic E-state index is 13.3. The van der Waals surface area contributed by atoms with Gasteiger partial charge < -0.3 is 30.2 Å². The van der Waals surface area contributed by atoms with E-state index in [1.54, 1.807) is 20.8 Å². The third-order valence-corrected chi connectivity index (χ3v) is 6.06. The van der Waals surface area contributed by atoms with Gasteiger partial charge in [0.15, 0.2) is 0 Å². The topological polar surface area (TPSA) is 150 Å². The summed E-state index contributed by atoms with van der Waals surface area (Å²) in [5.41, 5.74) is -0.424. The molecule has 0 radical (unpaired) electrons. The predicted molar refractivity (Wildman–Crippen MR) is 136 cm³/mol. The molecule has 2 aliphatic heterocycles. The number of nitrogens with one attached hydrogen (secondary N) is 3. The smallest absolute Gasteiger partial charge is 0.408 e. The van der Waals surface area contributed by atoms with Gasteiger partial charge in [-0.15, -0.1) is 0 Å². The number of amides is 3. The third-order valence-electron chi connectivity index (χ3n) is 6.06. The van der Waals surface area contributed by atoms with Crippen molar-refractivity contribution in [1.82, 2.24) is 20.2 Å². The Labute approximate surface area is 220 Å². The van der Waals surface area contributed by atoms with Gasteiger partial charge >= 0.3 is 11.8 Å². The molecule has 3 N–H and O–H groups in total. The van der Waals surface area contributed by atoms with Crippen molar-refractivity contribution >= 4 is 23.7 Å². The third kappa shape index (κ3) is 6.95. The molecule has 38 heavy (non-hydrogen) atoms. The number of anilines is 1. The zero-order valence-electron chi connectivity index (χ0n) is 21.8. The van der Waals surface area contributed by atoms with Crippen molar-refractivity contribution < 1.29 is 28.6 Å². The first-order chi connectivity index (χ1) is 18.0. The van der Waals surface area contributed by atoms with Crippen LogP contribution < -0.4 is 21.6 Å². The monoisotopic (exact) mass is 527 g/mol. The first kappa shape index (κ1) is 27.3. The van der Waals surface area contributed by atoms with Gasteiger partial charge in [-0.25, -0.2) is 9.59 Å². The average Bonchev–Trinajstić information content (AvgIpc) is 3.39. The van der Waals surface area contributed by atoms with Gasteiger partial charge in [0.2, 0.25) is 11.8 Å². The van der Waals surface area contributed by atoms with Crippen LogP contribution in [0.1, 0.15) is 45.9 Å². The number of hydrogen-bond donors (Lipinski definition) is 3. The van der Waals surface area contributed by atoms with Gasteiger partial charge in [-0.05, 0) is 32.4 Å². The number of alkyl carbamates (subject to hydrolysis) is 1. The number of fused-ring (bicyclic) bond motifs is 1. The summed E-state index contributed by atoms with van der Waals surface area (Å²) in [4.78, 5) is 53.4. The number of carbonyl (C=O) groups is 3. The Bertz CT molecular complexity index is 1230. The molecule has 1 aromatic carbocycles. The normalized spacial score (nSPS) is 23.3. The second-order valence-electron chi connectivity index (χ2n) is 10.4. The highest BCUT2D eigenvalue weighted by Crippen LogP contribution is 2.35. The summed E-state index contributed by atoms with van der Waals surface area (Å²) in [5.74, 6) is -0.584. The van der Waals surface area contributed by atoms with Crippen molar-refractivity contribution in [1.29, 1.82) is 0 Å². The first-order valence-corrected chi connectivity index (χ1v) is 12.5. The molecule has 0 bridgehead atoms. The molecule has 0 unspecified atom stereocenters. The fraction of sp³-hybridized carbons (Fsp3) is 0.500. The lowest BCUT2D eigenvalue weighted by molar-refractivity contribution is -0.125. The fourth-order valence-electron chi connectivity index (χ4n) is 4.47. The van der Waals surface area contributed by atoms with Gasteiger partial charge in [-0.2, -0.15) is 4.98 Å². The minimum atomic E-state index is -0.892. The average molecular weight is 528 g/mol. The molecule has 2 aromatic rings. The minimum absolute atomic E-state index is 0.153. The van der Waals surface area contributed by atoms with E-state index >= 15 is 0 Å². The predicted octanol–water partition coefficient (Wildman–Crippen LogP) is 1.51. The maximum atomic E-state index is 13.3. The van der Waals surface area contributed by atoms with Crippen molar-refractivity contribution in [3.63, 3.8) is 0 Å². The summed E-state index contributed by atoms with van der Waals surface area (Å²) < 4.78 is 18.7. The van der Waals surface area contributed by atoms with Crippen molar-refractivity contribution in [3.8, 4) is 0 Å². The fourth-order valence-corrected chi connectivity index (χ4v) is 4.47. The molecule has 0 aliphatic carbocycles. The van der Waals surface area contributed by atoms with Gasteiger partial charge in [0.1, 0.15) is 29.8 Å². The molecule has 5 atom stereocenters. The number of rotatable bonds is 7. The van der Waals surface area contributed by atoms with Crippen molar-refractivity contribution in [3.05, 3.63) is 58.6 Å². The molecular weight excluding hydrogens is 494 g/mol. The van der Waals surface area contributed by atoms with Crippen LogP contribution in [0.5, 0.6) is 0 Å².